The van der Waals surface area contributed by atoms with E-state index in [1.165, 1.54) is 5.56 Å². The molecule has 0 spiro atoms. The lowest BCUT2D eigenvalue weighted by atomic mass is 10.1. The highest BCUT2D eigenvalue weighted by molar-refractivity contribution is 5.70. The summed E-state index contributed by atoms with van der Waals surface area (Å²) in [6, 6.07) is 20.5. The zero-order valence-corrected chi connectivity index (χ0v) is 12.4. The predicted molar refractivity (Wildman–Crippen MR) is 88.1 cm³/mol. The average molecular weight is 301 g/mol. The lowest BCUT2D eigenvalue weighted by Crippen LogP contribution is -2.08. The first-order chi connectivity index (χ1) is 11.4. The highest BCUT2D eigenvalue weighted by Gasteiger charge is 2.14. The standard InChI is InChI=1S/C18H15N5/c1-3-7-15(8-4-1)12-23-18(22-13-19-20-14-22)17(11-21-23)16-9-5-2-6-10-16/h1-11,13-14H,12H2. The van der Waals surface area contributed by atoms with Crippen LogP contribution in [-0.4, -0.2) is 24.5 Å². The molecular weight excluding hydrogens is 286 g/mol. The molecular formula is C18H15N5. The van der Waals surface area contributed by atoms with E-state index in [4.69, 9.17) is 0 Å². The molecule has 0 amide bonds. The summed E-state index contributed by atoms with van der Waals surface area (Å²) in [7, 11) is 0. The Morgan fingerprint density at radius 3 is 2.13 bits per heavy atom. The van der Waals surface area contributed by atoms with Crippen molar-refractivity contribution in [2.24, 2.45) is 0 Å². The van der Waals surface area contributed by atoms with E-state index in [0.29, 0.717) is 6.54 Å². The molecule has 0 aliphatic carbocycles. The second kappa shape index (κ2) is 5.88. The fourth-order valence-electron chi connectivity index (χ4n) is 2.65. The van der Waals surface area contributed by atoms with Gasteiger partial charge in [0.05, 0.1) is 12.7 Å². The molecule has 0 saturated carbocycles. The van der Waals surface area contributed by atoms with Crippen LogP contribution in [-0.2, 0) is 6.54 Å². The quantitative estimate of drug-likeness (QED) is 0.581. The molecule has 23 heavy (non-hydrogen) atoms. The fraction of sp³-hybridized carbons (Fsp3) is 0.0556. The van der Waals surface area contributed by atoms with Gasteiger partial charge < -0.3 is 0 Å². The van der Waals surface area contributed by atoms with Crippen molar-refractivity contribution >= 4 is 0 Å². The van der Waals surface area contributed by atoms with Crippen LogP contribution in [0.3, 0.4) is 0 Å². The van der Waals surface area contributed by atoms with Gasteiger partial charge in [-0.15, -0.1) is 10.2 Å². The van der Waals surface area contributed by atoms with Gasteiger partial charge in [0.2, 0.25) is 0 Å². The van der Waals surface area contributed by atoms with E-state index in [-0.39, 0.29) is 0 Å². The van der Waals surface area contributed by atoms with Crippen LogP contribution in [0.15, 0.2) is 79.5 Å². The number of hydrogen-bond donors (Lipinski definition) is 0. The van der Waals surface area contributed by atoms with E-state index in [1.807, 2.05) is 51.8 Å². The second-order valence-corrected chi connectivity index (χ2v) is 5.26. The summed E-state index contributed by atoms with van der Waals surface area (Å²) in [5.74, 6) is 0.963. The maximum atomic E-state index is 4.58. The first-order valence-corrected chi connectivity index (χ1v) is 7.42. The van der Waals surface area contributed by atoms with Crippen LogP contribution in [0.5, 0.6) is 0 Å². The Hall–Kier alpha value is -3.21. The monoisotopic (exact) mass is 301 g/mol. The summed E-state index contributed by atoms with van der Waals surface area (Å²) in [5, 5.41) is 12.4. The van der Waals surface area contributed by atoms with Gasteiger partial charge in [0, 0.05) is 5.56 Å². The zero-order chi connectivity index (χ0) is 15.5. The summed E-state index contributed by atoms with van der Waals surface area (Å²) >= 11 is 0. The van der Waals surface area contributed by atoms with Gasteiger partial charge in [0.1, 0.15) is 18.5 Å². The number of aromatic nitrogens is 5. The van der Waals surface area contributed by atoms with Crippen LogP contribution < -0.4 is 0 Å². The smallest absolute Gasteiger partial charge is 0.145 e. The molecule has 112 valence electrons. The van der Waals surface area contributed by atoms with Crippen LogP contribution in [0.25, 0.3) is 16.9 Å². The molecule has 0 unspecified atom stereocenters. The van der Waals surface area contributed by atoms with Gasteiger partial charge in [-0.3, -0.25) is 4.57 Å². The molecule has 2 heterocycles. The van der Waals surface area contributed by atoms with E-state index < -0.39 is 0 Å². The third-order valence-electron chi connectivity index (χ3n) is 3.73. The predicted octanol–water partition coefficient (Wildman–Crippen LogP) is 3.18. The molecule has 2 aromatic heterocycles. The minimum atomic E-state index is 0.696. The lowest BCUT2D eigenvalue weighted by molar-refractivity contribution is 0.661. The minimum Gasteiger partial charge on any atom is -0.271 e. The minimum absolute atomic E-state index is 0.696. The molecule has 2 aromatic carbocycles. The van der Waals surface area contributed by atoms with Crippen molar-refractivity contribution in [2.45, 2.75) is 6.54 Å². The van der Waals surface area contributed by atoms with E-state index in [2.05, 4.69) is 39.6 Å². The molecule has 0 saturated heterocycles. The summed E-state index contributed by atoms with van der Waals surface area (Å²) in [4.78, 5) is 0. The van der Waals surface area contributed by atoms with Crippen LogP contribution in [0.1, 0.15) is 5.56 Å². The summed E-state index contributed by atoms with van der Waals surface area (Å²) in [5.41, 5.74) is 3.38. The van der Waals surface area contributed by atoms with Gasteiger partial charge in [-0.1, -0.05) is 60.7 Å². The Morgan fingerprint density at radius 2 is 1.43 bits per heavy atom. The van der Waals surface area contributed by atoms with Crippen molar-refractivity contribution < 1.29 is 0 Å². The molecule has 5 nitrogen and oxygen atoms in total. The van der Waals surface area contributed by atoms with E-state index in [9.17, 15) is 0 Å². The Balaban J connectivity index is 1.83. The van der Waals surface area contributed by atoms with Gasteiger partial charge in [0.25, 0.3) is 0 Å². The summed E-state index contributed by atoms with van der Waals surface area (Å²) in [6.07, 6.45) is 5.30. The molecule has 4 aromatic rings. The van der Waals surface area contributed by atoms with E-state index >= 15 is 0 Å². The molecule has 0 N–H and O–H groups in total. The SMILES string of the molecule is c1ccc(Cn2ncc(-c3ccccc3)c2-n2cnnc2)cc1. The van der Waals surface area contributed by atoms with E-state index in [0.717, 1.165) is 16.9 Å². The Labute approximate surface area is 133 Å². The summed E-state index contributed by atoms with van der Waals surface area (Å²) in [6.45, 7) is 0.696. The van der Waals surface area contributed by atoms with Gasteiger partial charge in [0.15, 0.2) is 0 Å². The topological polar surface area (TPSA) is 48.5 Å². The molecule has 0 aliphatic rings. The van der Waals surface area contributed by atoms with Crippen molar-refractivity contribution in [2.75, 3.05) is 0 Å². The lowest BCUT2D eigenvalue weighted by Gasteiger charge is -2.10. The van der Waals surface area contributed by atoms with Crippen molar-refractivity contribution in [1.82, 2.24) is 24.5 Å². The van der Waals surface area contributed by atoms with Crippen molar-refractivity contribution in [3.63, 3.8) is 0 Å². The number of nitrogens with zero attached hydrogens (tertiary/aromatic N) is 5. The fourth-order valence-corrected chi connectivity index (χ4v) is 2.65. The van der Waals surface area contributed by atoms with Gasteiger partial charge in [-0.05, 0) is 11.1 Å². The first kappa shape index (κ1) is 13.5. The van der Waals surface area contributed by atoms with Crippen molar-refractivity contribution in [3.8, 4) is 16.9 Å². The largest absolute Gasteiger partial charge is 0.271 e. The second-order valence-electron chi connectivity index (χ2n) is 5.26. The molecule has 0 fully saturated rings. The third kappa shape index (κ3) is 2.64. The number of hydrogen-bond acceptors (Lipinski definition) is 3. The molecule has 0 aliphatic heterocycles. The van der Waals surface area contributed by atoms with Crippen molar-refractivity contribution in [1.29, 1.82) is 0 Å². The highest BCUT2D eigenvalue weighted by atomic mass is 15.4. The maximum absolute atomic E-state index is 4.58. The van der Waals surface area contributed by atoms with Crippen LogP contribution in [0, 0.1) is 0 Å². The first-order valence-electron chi connectivity index (χ1n) is 7.42. The van der Waals surface area contributed by atoms with Gasteiger partial charge in [-0.2, -0.15) is 5.10 Å². The van der Waals surface area contributed by atoms with Gasteiger partial charge >= 0.3 is 0 Å². The van der Waals surface area contributed by atoms with Crippen LogP contribution in [0.2, 0.25) is 0 Å². The highest BCUT2D eigenvalue weighted by Crippen LogP contribution is 2.26. The molecule has 4 rings (SSSR count). The van der Waals surface area contributed by atoms with Crippen LogP contribution >= 0.6 is 0 Å². The average Bonchev–Trinajstić information content (AvgIpc) is 3.26. The Bertz CT molecular complexity index is 880. The Morgan fingerprint density at radius 1 is 0.783 bits per heavy atom. The van der Waals surface area contributed by atoms with E-state index in [1.54, 1.807) is 12.7 Å². The molecule has 0 radical (unpaired) electrons. The van der Waals surface area contributed by atoms with Crippen LogP contribution in [0.4, 0.5) is 0 Å². The molecule has 0 atom stereocenters. The van der Waals surface area contributed by atoms with Crippen molar-refractivity contribution in [3.05, 3.63) is 85.1 Å². The zero-order valence-electron chi connectivity index (χ0n) is 12.4. The molecule has 0 bridgehead atoms. The number of rotatable bonds is 4. The maximum Gasteiger partial charge on any atom is 0.145 e. The summed E-state index contributed by atoms with van der Waals surface area (Å²) < 4.78 is 3.87. The number of benzene rings is 2. The molecule has 5 heteroatoms. The third-order valence-corrected chi connectivity index (χ3v) is 3.73. The normalized spacial score (nSPS) is 10.8. The van der Waals surface area contributed by atoms with Gasteiger partial charge in [-0.25, -0.2) is 4.68 Å². The Kier molecular flexibility index (Phi) is 3.44.